The average Bonchev–Trinajstić information content (AvgIpc) is 2.35. The van der Waals surface area contributed by atoms with E-state index in [9.17, 15) is 0 Å². The second-order valence-electron chi connectivity index (χ2n) is 3.64. The third-order valence-corrected chi connectivity index (χ3v) is 2.27. The van der Waals surface area contributed by atoms with Crippen molar-refractivity contribution in [3.8, 4) is 6.07 Å². The van der Waals surface area contributed by atoms with Crippen molar-refractivity contribution >= 4 is 0 Å². The van der Waals surface area contributed by atoms with E-state index in [1.807, 2.05) is 24.3 Å². The number of nitrogens with zero attached hydrogens (tertiary/aromatic N) is 1. The Morgan fingerprint density at radius 1 is 1.47 bits per heavy atom. The standard InChI is InChI=1S/C13H17NO3/c1-16-10-11-4-2-5-12(8-11)13(9-14)17-7-3-6-15/h2,4-5,8,13,15H,3,6-7,10H2,1H3. The molecule has 0 amide bonds. The van der Waals surface area contributed by atoms with Crippen molar-refractivity contribution in [3.05, 3.63) is 35.4 Å². The predicted octanol–water partition coefficient (Wildman–Crippen LogP) is 1.80. The molecule has 4 nitrogen and oxygen atoms in total. The van der Waals surface area contributed by atoms with E-state index in [1.54, 1.807) is 7.11 Å². The van der Waals surface area contributed by atoms with Gasteiger partial charge in [0.05, 0.1) is 19.3 Å². The molecular weight excluding hydrogens is 218 g/mol. The molecule has 0 aromatic heterocycles. The molecule has 0 saturated carbocycles. The Balaban J connectivity index is 2.67. The number of hydrogen-bond acceptors (Lipinski definition) is 4. The summed E-state index contributed by atoms with van der Waals surface area (Å²) in [5, 5.41) is 17.7. The Hall–Kier alpha value is -1.41. The van der Waals surface area contributed by atoms with Crippen LogP contribution in [0.1, 0.15) is 23.7 Å². The van der Waals surface area contributed by atoms with Gasteiger partial charge in [-0.1, -0.05) is 18.2 Å². The van der Waals surface area contributed by atoms with Gasteiger partial charge in [0.1, 0.15) is 0 Å². The van der Waals surface area contributed by atoms with Gasteiger partial charge in [-0.05, 0) is 23.6 Å². The van der Waals surface area contributed by atoms with E-state index in [0.29, 0.717) is 19.6 Å². The molecule has 0 bridgehead atoms. The minimum atomic E-state index is -0.585. The summed E-state index contributed by atoms with van der Waals surface area (Å²) in [5.74, 6) is 0. The number of aliphatic hydroxyl groups is 1. The fraction of sp³-hybridized carbons (Fsp3) is 0.462. The first kappa shape index (κ1) is 13.7. The van der Waals surface area contributed by atoms with Gasteiger partial charge < -0.3 is 14.6 Å². The van der Waals surface area contributed by atoms with Gasteiger partial charge in [-0.3, -0.25) is 0 Å². The lowest BCUT2D eigenvalue weighted by Crippen LogP contribution is -2.05. The van der Waals surface area contributed by atoms with Gasteiger partial charge in [0.15, 0.2) is 6.10 Å². The molecule has 0 aliphatic rings. The number of benzene rings is 1. The minimum absolute atomic E-state index is 0.0713. The summed E-state index contributed by atoms with van der Waals surface area (Å²) >= 11 is 0. The van der Waals surface area contributed by atoms with Gasteiger partial charge in [-0.2, -0.15) is 5.26 Å². The quantitative estimate of drug-likeness (QED) is 0.732. The van der Waals surface area contributed by atoms with Crippen LogP contribution in [0.5, 0.6) is 0 Å². The molecule has 0 spiro atoms. The highest BCUT2D eigenvalue weighted by Crippen LogP contribution is 2.18. The molecule has 17 heavy (non-hydrogen) atoms. The van der Waals surface area contributed by atoms with Gasteiger partial charge in [-0.15, -0.1) is 0 Å². The lowest BCUT2D eigenvalue weighted by Gasteiger charge is -2.11. The molecular formula is C13H17NO3. The highest BCUT2D eigenvalue weighted by Gasteiger charge is 2.10. The molecule has 92 valence electrons. The van der Waals surface area contributed by atoms with Gasteiger partial charge in [0.25, 0.3) is 0 Å². The first-order valence-corrected chi connectivity index (χ1v) is 5.51. The second kappa shape index (κ2) is 7.80. The minimum Gasteiger partial charge on any atom is -0.396 e. The van der Waals surface area contributed by atoms with Crippen molar-refractivity contribution < 1.29 is 14.6 Å². The summed E-state index contributed by atoms with van der Waals surface area (Å²) in [6, 6.07) is 9.67. The van der Waals surface area contributed by atoms with Gasteiger partial charge >= 0.3 is 0 Å². The Morgan fingerprint density at radius 2 is 2.29 bits per heavy atom. The second-order valence-corrected chi connectivity index (χ2v) is 3.64. The molecule has 4 heteroatoms. The molecule has 1 aromatic carbocycles. The van der Waals surface area contributed by atoms with Crippen LogP contribution in [0.25, 0.3) is 0 Å². The van der Waals surface area contributed by atoms with Crippen LogP contribution in [-0.4, -0.2) is 25.4 Å². The first-order chi connectivity index (χ1) is 8.31. The topological polar surface area (TPSA) is 62.5 Å². The maximum atomic E-state index is 9.03. The number of nitriles is 1. The van der Waals surface area contributed by atoms with E-state index in [2.05, 4.69) is 6.07 Å². The van der Waals surface area contributed by atoms with Crippen LogP contribution in [-0.2, 0) is 16.1 Å². The van der Waals surface area contributed by atoms with Crippen molar-refractivity contribution in [3.63, 3.8) is 0 Å². The van der Waals surface area contributed by atoms with E-state index in [-0.39, 0.29) is 6.61 Å². The van der Waals surface area contributed by atoms with Crippen molar-refractivity contribution in [2.45, 2.75) is 19.1 Å². The Bertz CT molecular complexity index is 373. The highest BCUT2D eigenvalue weighted by molar-refractivity contribution is 5.27. The Kier molecular flexibility index (Phi) is 6.26. The highest BCUT2D eigenvalue weighted by atomic mass is 16.5. The maximum absolute atomic E-state index is 9.03. The van der Waals surface area contributed by atoms with Crippen LogP contribution < -0.4 is 0 Å². The predicted molar refractivity (Wildman–Crippen MR) is 63.2 cm³/mol. The van der Waals surface area contributed by atoms with Crippen molar-refractivity contribution in [1.82, 2.24) is 0 Å². The number of ether oxygens (including phenoxy) is 2. The summed E-state index contributed by atoms with van der Waals surface area (Å²) in [5.41, 5.74) is 1.83. The SMILES string of the molecule is COCc1cccc(C(C#N)OCCCO)c1. The smallest absolute Gasteiger partial charge is 0.169 e. The number of methoxy groups -OCH3 is 1. The fourth-order valence-corrected chi connectivity index (χ4v) is 1.49. The molecule has 0 saturated heterocycles. The lowest BCUT2D eigenvalue weighted by molar-refractivity contribution is 0.0772. The summed E-state index contributed by atoms with van der Waals surface area (Å²) in [4.78, 5) is 0. The van der Waals surface area contributed by atoms with E-state index in [0.717, 1.165) is 11.1 Å². The molecule has 1 rings (SSSR count). The summed E-state index contributed by atoms with van der Waals surface area (Å²) in [6.45, 7) is 0.966. The Morgan fingerprint density at radius 3 is 2.94 bits per heavy atom. The van der Waals surface area contributed by atoms with Crippen LogP contribution in [0.4, 0.5) is 0 Å². The molecule has 0 fully saturated rings. The zero-order valence-corrected chi connectivity index (χ0v) is 9.93. The first-order valence-electron chi connectivity index (χ1n) is 5.51. The average molecular weight is 235 g/mol. The van der Waals surface area contributed by atoms with Gasteiger partial charge in [0.2, 0.25) is 0 Å². The van der Waals surface area contributed by atoms with Crippen LogP contribution in [0.3, 0.4) is 0 Å². The van der Waals surface area contributed by atoms with E-state index in [4.69, 9.17) is 19.8 Å². The Labute approximate surface area is 101 Å². The lowest BCUT2D eigenvalue weighted by atomic mass is 10.1. The summed E-state index contributed by atoms with van der Waals surface area (Å²) in [7, 11) is 1.63. The normalized spacial score (nSPS) is 12.1. The zero-order chi connectivity index (χ0) is 12.5. The van der Waals surface area contributed by atoms with Crippen LogP contribution in [0, 0.1) is 11.3 Å². The van der Waals surface area contributed by atoms with E-state index < -0.39 is 6.10 Å². The van der Waals surface area contributed by atoms with Crippen molar-refractivity contribution in [1.29, 1.82) is 5.26 Å². The number of rotatable bonds is 7. The monoisotopic (exact) mass is 235 g/mol. The third kappa shape index (κ3) is 4.53. The molecule has 1 aromatic rings. The van der Waals surface area contributed by atoms with Crippen molar-refractivity contribution in [2.24, 2.45) is 0 Å². The molecule has 0 heterocycles. The maximum Gasteiger partial charge on any atom is 0.169 e. The molecule has 1 unspecified atom stereocenters. The fourth-order valence-electron chi connectivity index (χ4n) is 1.49. The van der Waals surface area contributed by atoms with Gasteiger partial charge in [0, 0.05) is 13.7 Å². The zero-order valence-electron chi connectivity index (χ0n) is 9.93. The van der Waals surface area contributed by atoms with Gasteiger partial charge in [-0.25, -0.2) is 0 Å². The summed E-state index contributed by atoms with van der Waals surface area (Å²) in [6.07, 6.45) is -0.0472. The largest absolute Gasteiger partial charge is 0.396 e. The summed E-state index contributed by atoms with van der Waals surface area (Å²) < 4.78 is 10.4. The number of aliphatic hydroxyl groups excluding tert-OH is 1. The molecule has 0 aliphatic heterocycles. The van der Waals surface area contributed by atoms with Crippen LogP contribution >= 0.6 is 0 Å². The van der Waals surface area contributed by atoms with Crippen LogP contribution in [0.2, 0.25) is 0 Å². The molecule has 0 aliphatic carbocycles. The number of hydrogen-bond donors (Lipinski definition) is 1. The van der Waals surface area contributed by atoms with E-state index in [1.165, 1.54) is 0 Å². The van der Waals surface area contributed by atoms with E-state index >= 15 is 0 Å². The van der Waals surface area contributed by atoms with Crippen LogP contribution in [0.15, 0.2) is 24.3 Å². The molecule has 1 atom stereocenters. The van der Waals surface area contributed by atoms with Crippen molar-refractivity contribution in [2.75, 3.05) is 20.3 Å². The molecule has 0 radical (unpaired) electrons. The third-order valence-electron chi connectivity index (χ3n) is 2.27. The molecule has 1 N–H and O–H groups in total.